The number of carbonyl (C=O) groups is 2. The van der Waals surface area contributed by atoms with E-state index in [0.29, 0.717) is 13.0 Å². The first-order valence-electron chi connectivity index (χ1n) is 6.58. The summed E-state index contributed by atoms with van der Waals surface area (Å²) in [4.78, 5) is 35.4. The lowest BCUT2D eigenvalue weighted by molar-refractivity contribution is -0.389. The smallest absolute Gasteiger partial charge is 0.389 e. The molecule has 9 heteroatoms. The fourth-order valence-corrected chi connectivity index (χ4v) is 2.38. The van der Waals surface area contributed by atoms with Gasteiger partial charge in [0.25, 0.3) is 0 Å². The normalized spacial score (nSPS) is 18.3. The zero-order chi connectivity index (χ0) is 15.4. The predicted molar refractivity (Wildman–Crippen MR) is 70.2 cm³/mol. The molecule has 1 amide bonds. The van der Waals surface area contributed by atoms with Crippen molar-refractivity contribution in [3.05, 3.63) is 22.4 Å². The van der Waals surface area contributed by atoms with Gasteiger partial charge < -0.3 is 19.8 Å². The summed E-state index contributed by atoms with van der Waals surface area (Å²) in [7, 11) is 1.29. The lowest BCUT2D eigenvalue weighted by Crippen LogP contribution is -2.49. The Morgan fingerprint density at radius 1 is 1.52 bits per heavy atom. The number of likely N-dealkylation sites (tertiary alicyclic amines) is 1. The Labute approximate surface area is 120 Å². The maximum absolute atomic E-state index is 12.3. The summed E-state index contributed by atoms with van der Waals surface area (Å²) >= 11 is 0. The minimum absolute atomic E-state index is 0.138. The van der Waals surface area contributed by atoms with Crippen molar-refractivity contribution in [3.8, 4) is 0 Å². The van der Waals surface area contributed by atoms with Gasteiger partial charge in [-0.25, -0.2) is 4.79 Å². The number of hydrogen-bond donors (Lipinski definition) is 0. The van der Waals surface area contributed by atoms with Crippen LogP contribution in [0.5, 0.6) is 0 Å². The van der Waals surface area contributed by atoms with Crippen molar-refractivity contribution < 1.29 is 19.2 Å². The Kier molecular flexibility index (Phi) is 4.51. The number of nitrogens with zero attached hydrogens (tertiary/aromatic N) is 4. The molecular weight excluding hydrogens is 280 g/mol. The summed E-state index contributed by atoms with van der Waals surface area (Å²) in [6.45, 7) is 0.337. The van der Waals surface area contributed by atoms with Gasteiger partial charge in [0.15, 0.2) is 0 Å². The molecule has 2 heterocycles. The van der Waals surface area contributed by atoms with Crippen molar-refractivity contribution in [2.24, 2.45) is 0 Å². The molecule has 0 bridgehead atoms. The van der Waals surface area contributed by atoms with Gasteiger partial charge in [-0.05, 0) is 24.2 Å². The summed E-state index contributed by atoms with van der Waals surface area (Å²) in [5.74, 6) is -1.05. The SMILES string of the molecule is COC(=O)C1CCCCN1C(=O)Cn1ccc([N+](=O)[O-])n1. The Morgan fingerprint density at radius 3 is 2.90 bits per heavy atom. The third-order valence-corrected chi connectivity index (χ3v) is 3.41. The molecule has 1 aliphatic heterocycles. The number of aromatic nitrogens is 2. The summed E-state index contributed by atoms with van der Waals surface area (Å²) in [5.41, 5.74) is 0. The van der Waals surface area contributed by atoms with Crippen LogP contribution in [-0.4, -0.2) is 51.2 Å². The van der Waals surface area contributed by atoms with Crippen molar-refractivity contribution in [1.82, 2.24) is 14.7 Å². The van der Waals surface area contributed by atoms with Crippen LogP contribution in [0.3, 0.4) is 0 Å². The van der Waals surface area contributed by atoms with Crippen LogP contribution in [0.1, 0.15) is 19.3 Å². The molecule has 1 atom stereocenters. The third-order valence-electron chi connectivity index (χ3n) is 3.41. The average Bonchev–Trinajstić information content (AvgIpc) is 2.95. The minimum atomic E-state index is -0.626. The molecule has 1 aliphatic rings. The summed E-state index contributed by atoms with van der Waals surface area (Å²) in [6, 6.07) is 0.642. The average molecular weight is 296 g/mol. The van der Waals surface area contributed by atoms with Gasteiger partial charge in [0.2, 0.25) is 5.91 Å². The van der Waals surface area contributed by atoms with Gasteiger partial charge in [-0.15, -0.1) is 0 Å². The molecule has 0 aliphatic carbocycles. The Bertz CT molecular complexity index is 556. The highest BCUT2D eigenvalue weighted by Gasteiger charge is 2.33. The molecule has 2 rings (SSSR count). The number of piperidine rings is 1. The summed E-state index contributed by atoms with van der Waals surface area (Å²) in [6.07, 6.45) is 3.61. The number of esters is 1. The zero-order valence-electron chi connectivity index (χ0n) is 11.6. The van der Waals surface area contributed by atoms with Crippen LogP contribution in [-0.2, 0) is 20.9 Å². The second kappa shape index (κ2) is 6.33. The maximum Gasteiger partial charge on any atom is 0.389 e. The first kappa shape index (κ1) is 14.9. The van der Waals surface area contributed by atoms with Gasteiger partial charge in [0.1, 0.15) is 12.6 Å². The highest BCUT2D eigenvalue weighted by molar-refractivity contribution is 5.84. The Balaban J connectivity index is 2.06. The van der Waals surface area contributed by atoms with E-state index in [1.54, 1.807) is 0 Å². The van der Waals surface area contributed by atoms with Gasteiger partial charge in [-0.2, -0.15) is 4.68 Å². The zero-order valence-corrected chi connectivity index (χ0v) is 11.6. The second-order valence-corrected chi connectivity index (χ2v) is 4.75. The van der Waals surface area contributed by atoms with Gasteiger partial charge in [0, 0.05) is 6.54 Å². The molecule has 1 saturated heterocycles. The van der Waals surface area contributed by atoms with E-state index >= 15 is 0 Å². The second-order valence-electron chi connectivity index (χ2n) is 4.75. The van der Waals surface area contributed by atoms with Crippen molar-refractivity contribution in [2.45, 2.75) is 31.8 Å². The molecule has 9 nitrogen and oxygen atoms in total. The maximum atomic E-state index is 12.3. The molecule has 114 valence electrons. The van der Waals surface area contributed by atoms with Crippen LogP contribution in [0.15, 0.2) is 12.3 Å². The molecule has 0 saturated carbocycles. The van der Waals surface area contributed by atoms with E-state index in [-0.39, 0.29) is 18.3 Å². The van der Waals surface area contributed by atoms with Crippen LogP contribution in [0.2, 0.25) is 0 Å². The molecule has 1 fully saturated rings. The van der Waals surface area contributed by atoms with E-state index in [1.807, 2.05) is 0 Å². The summed E-state index contributed by atoms with van der Waals surface area (Å²) < 4.78 is 5.91. The van der Waals surface area contributed by atoms with Gasteiger partial charge >= 0.3 is 11.8 Å². The number of nitro groups is 1. The lowest BCUT2D eigenvalue weighted by atomic mass is 10.0. The fraction of sp³-hybridized carbons (Fsp3) is 0.583. The first-order valence-corrected chi connectivity index (χ1v) is 6.58. The van der Waals surface area contributed by atoms with E-state index in [4.69, 9.17) is 4.74 Å². The van der Waals surface area contributed by atoms with E-state index < -0.39 is 16.9 Å². The molecule has 0 N–H and O–H groups in total. The van der Waals surface area contributed by atoms with Crippen LogP contribution in [0, 0.1) is 10.1 Å². The number of rotatable bonds is 4. The minimum Gasteiger partial charge on any atom is -0.467 e. The van der Waals surface area contributed by atoms with Crippen molar-refractivity contribution in [1.29, 1.82) is 0 Å². The molecule has 0 radical (unpaired) electrons. The van der Waals surface area contributed by atoms with Gasteiger partial charge in [0.05, 0.1) is 24.5 Å². The topological polar surface area (TPSA) is 108 Å². The highest BCUT2D eigenvalue weighted by Crippen LogP contribution is 2.19. The van der Waals surface area contributed by atoms with Crippen molar-refractivity contribution in [3.63, 3.8) is 0 Å². The Morgan fingerprint density at radius 2 is 2.29 bits per heavy atom. The molecule has 0 aromatic carbocycles. The Hall–Kier alpha value is -2.45. The van der Waals surface area contributed by atoms with Gasteiger partial charge in [-0.3, -0.25) is 4.79 Å². The first-order chi connectivity index (χ1) is 10.0. The number of hydrogen-bond acceptors (Lipinski definition) is 6. The van der Waals surface area contributed by atoms with Crippen LogP contribution >= 0.6 is 0 Å². The van der Waals surface area contributed by atoms with E-state index in [1.165, 1.54) is 29.0 Å². The summed E-state index contributed by atoms with van der Waals surface area (Å²) in [5, 5.41) is 14.2. The van der Waals surface area contributed by atoms with Crippen molar-refractivity contribution in [2.75, 3.05) is 13.7 Å². The molecule has 1 aromatic heterocycles. The van der Waals surface area contributed by atoms with E-state index in [9.17, 15) is 19.7 Å². The molecular formula is C12H16N4O5. The molecule has 1 unspecified atom stereocenters. The van der Waals surface area contributed by atoms with Crippen LogP contribution in [0.4, 0.5) is 5.82 Å². The third kappa shape index (κ3) is 3.36. The quantitative estimate of drug-likeness (QED) is 0.450. The van der Waals surface area contributed by atoms with E-state index in [0.717, 1.165) is 12.8 Å². The standard InChI is InChI=1S/C12H16N4O5/c1-21-12(18)9-4-2-3-6-15(9)11(17)8-14-7-5-10(13-14)16(19)20/h5,7,9H,2-4,6,8H2,1H3. The van der Waals surface area contributed by atoms with Crippen molar-refractivity contribution >= 4 is 17.7 Å². The number of carbonyl (C=O) groups excluding carboxylic acids is 2. The fourth-order valence-electron chi connectivity index (χ4n) is 2.38. The number of methoxy groups -OCH3 is 1. The van der Waals surface area contributed by atoms with E-state index in [2.05, 4.69) is 5.10 Å². The highest BCUT2D eigenvalue weighted by atomic mass is 16.6. The molecule has 0 spiro atoms. The largest absolute Gasteiger partial charge is 0.467 e. The number of ether oxygens (including phenoxy) is 1. The lowest BCUT2D eigenvalue weighted by Gasteiger charge is -2.33. The monoisotopic (exact) mass is 296 g/mol. The van der Waals surface area contributed by atoms with Gasteiger partial charge in [-0.1, -0.05) is 0 Å². The molecule has 1 aromatic rings. The van der Waals surface area contributed by atoms with Crippen LogP contribution in [0.25, 0.3) is 0 Å². The molecule has 21 heavy (non-hydrogen) atoms. The van der Waals surface area contributed by atoms with Crippen LogP contribution < -0.4 is 0 Å². The predicted octanol–water partition coefficient (Wildman–Crippen LogP) is 0.345. The number of amides is 1.